The Balaban J connectivity index is 2.39. The molecule has 0 amide bonds. The molecule has 2 rings (SSSR count). The van der Waals surface area contributed by atoms with E-state index in [1.807, 2.05) is 25.1 Å². The van der Waals surface area contributed by atoms with Crippen LogP contribution in [0.15, 0.2) is 18.2 Å². The van der Waals surface area contributed by atoms with E-state index in [2.05, 4.69) is 0 Å². The Morgan fingerprint density at radius 2 is 2.28 bits per heavy atom. The summed E-state index contributed by atoms with van der Waals surface area (Å²) >= 11 is 0. The van der Waals surface area contributed by atoms with Crippen LogP contribution in [0.25, 0.3) is 0 Å². The third-order valence-corrected chi connectivity index (χ3v) is 3.03. The van der Waals surface area contributed by atoms with Gasteiger partial charge in [0.15, 0.2) is 6.10 Å². The highest BCUT2D eigenvalue weighted by atomic mass is 16.6. The summed E-state index contributed by atoms with van der Waals surface area (Å²) in [4.78, 5) is 11.9. The molecule has 0 radical (unpaired) electrons. The molecule has 1 aliphatic rings. The number of carbonyl (C=O) groups is 1. The first-order valence-corrected chi connectivity index (χ1v) is 6.15. The molecule has 0 aromatic heterocycles. The zero-order valence-electron chi connectivity index (χ0n) is 10.9. The fourth-order valence-corrected chi connectivity index (χ4v) is 2.28. The van der Waals surface area contributed by atoms with E-state index in [9.17, 15) is 4.79 Å². The Labute approximate surface area is 107 Å². The minimum Gasteiger partial charge on any atom is -0.496 e. The van der Waals surface area contributed by atoms with Crippen LogP contribution in [0.1, 0.15) is 31.1 Å². The van der Waals surface area contributed by atoms with Gasteiger partial charge in [-0.15, -0.1) is 0 Å². The zero-order chi connectivity index (χ0) is 13.1. The molecule has 1 aliphatic heterocycles. The topological polar surface area (TPSA) is 44.8 Å². The van der Waals surface area contributed by atoms with Crippen LogP contribution >= 0.6 is 0 Å². The number of carbonyl (C=O) groups excluding carboxylic acids is 1. The average molecular weight is 250 g/mol. The summed E-state index contributed by atoms with van der Waals surface area (Å²) in [6.07, 6.45) is 0.0805. The highest BCUT2D eigenvalue weighted by molar-refractivity contribution is 5.78. The molecule has 1 aromatic carbocycles. The summed E-state index contributed by atoms with van der Waals surface area (Å²) in [5.74, 6) is 0.468. The standard InChI is InChI=1S/C14H18O4/c1-4-17-14(15)13-10-6-5-7-12(16-3)11(10)8-9(2)18-13/h5-7,9,13H,4,8H2,1-3H3/t9-,13?/m1/s1. The second kappa shape index (κ2) is 5.40. The van der Waals surface area contributed by atoms with E-state index >= 15 is 0 Å². The third-order valence-electron chi connectivity index (χ3n) is 3.03. The molecule has 0 fully saturated rings. The molecule has 4 nitrogen and oxygen atoms in total. The monoisotopic (exact) mass is 250 g/mol. The summed E-state index contributed by atoms with van der Waals surface area (Å²) in [6.45, 7) is 4.09. The number of fused-ring (bicyclic) bond motifs is 1. The number of methoxy groups -OCH3 is 1. The molecule has 1 heterocycles. The molecule has 0 spiro atoms. The maximum absolute atomic E-state index is 11.9. The molecule has 4 heteroatoms. The van der Waals surface area contributed by atoms with Crippen LogP contribution in [-0.4, -0.2) is 25.8 Å². The highest BCUT2D eigenvalue weighted by Gasteiger charge is 2.33. The van der Waals surface area contributed by atoms with Gasteiger partial charge < -0.3 is 14.2 Å². The molecule has 2 atom stereocenters. The van der Waals surface area contributed by atoms with Crippen molar-refractivity contribution in [3.05, 3.63) is 29.3 Å². The molecule has 0 saturated heterocycles. The first-order chi connectivity index (χ1) is 8.67. The second-order valence-electron chi connectivity index (χ2n) is 4.31. The lowest BCUT2D eigenvalue weighted by Gasteiger charge is -2.30. The van der Waals surface area contributed by atoms with Crippen molar-refractivity contribution in [3.8, 4) is 5.75 Å². The van der Waals surface area contributed by atoms with Gasteiger partial charge in [0, 0.05) is 12.0 Å². The molecule has 18 heavy (non-hydrogen) atoms. The number of hydrogen-bond donors (Lipinski definition) is 0. The predicted octanol–water partition coefficient (Wildman–Crippen LogP) is 2.26. The van der Waals surface area contributed by atoms with Crippen LogP contribution in [0.3, 0.4) is 0 Å². The van der Waals surface area contributed by atoms with Gasteiger partial charge in [-0.05, 0) is 25.5 Å². The normalized spacial score (nSPS) is 22.2. The predicted molar refractivity (Wildman–Crippen MR) is 66.6 cm³/mol. The van der Waals surface area contributed by atoms with Crippen LogP contribution in [0.4, 0.5) is 0 Å². The fraction of sp³-hybridized carbons (Fsp3) is 0.500. The first kappa shape index (κ1) is 12.9. The summed E-state index contributed by atoms with van der Waals surface area (Å²) < 4.78 is 16.1. The van der Waals surface area contributed by atoms with Crippen molar-refractivity contribution < 1.29 is 19.0 Å². The van der Waals surface area contributed by atoms with E-state index < -0.39 is 6.10 Å². The van der Waals surface area contributed by atoms with Crippen LogP contribution < -0.4 is 4.74 Å². The molecule has 0 N–H and O–H groups in total. The smallest absolute Gasteiger partial charge is 0.339 e. The molecule has 1 aromatic rings. The Bertz CT molecular complexity index is 441. The highest BCUT2D eigenvalue weighted by Crippen LogP contribution is 2.36. The fourth-order valence-electron chi connectivity index (χ4n) is 2.28. The van der Waals surface area contributed by atoms with Crippen molar-refractivity contribution in [2.24, 2.45) is 0 Å². The molecule has 0 bridgehead atoms. The van der Waals surface area contributed by atoms with Crippen LogP contribution in [0.2, 0.25) is 0 Å². The SMILES string of the molecule is CCOC(=O)C1O[C@H](C)Cc2c(OC)cccc21. The summed E-state index contributed by atoms with van der Waals surface area (Å²) in [6, 6.07) is 5.66. The summed E-state index contributed by atoms with van der Waals surface area (Å²) in [5, 5.41) is 0. The Kier molecular flexibility index (Phi) is 3.87. The zero-order valence-corrected chi connectivity index (χ0v) is 10.9. The molecular formula is C14H18O4. The average Bonchev–Trinajstić information content (AvgIpc) is 2.37. The van der Waals surface area contributed by atoms with E-state index in [0.29, 0.717) is 6.61 Å². The number of benzene rings is 1. The molecule has 1 unspecified atom stereocenters. The van der Waals surface area contributed by atoms with Crippen molar-refractivity contribution in [2.45, 2.75) is 32.5 Å². The van der Waals surface area contributed by atoms with Gasteiger partial charge >= 0.3 is 5.97 Å². The van der Waals surface area contributed by atoms with Crippen LogP contribution in [-0.2, 0) is 20.7 Å². The summed E-state index contributed by atoms with van der Waals surface area (Å²) in [5.41, 5.74) is 1.89. The lowest BCUT2D eigenvalue weighted by atomic mass is 9.93. The molecule has 0 saturated carbocycles. The minimum atomic E-state index is -0.640. The number of hydrogen-bond acceptors (Lipinski definition) is 4. The Morgan fingerprint density at radius 1 is 1.50 bits per heavy atom. The van der Waals surface area contributed by atoms with E-state index in [1.54, 1.807) is 14.0 Å². The van der Waals surface area contributed by atoms with E-state index in [0.717, 1.165) is 23.3 Å². The van der Waals surface area contributed by atoms with Gasteiger partial charge in [0.25, 0.3) is 0 Å². The van der Waals surface area contributed by atoms with Crippen molar-refractivity contribution >= 4 is 5.97 Å². The maximum atomic E-state index is 11.9. The first-order valence-electron chi connectivity index (χ1n) is 6.15. The largest absolute Gasteiger partial charge is 0.496 e. The maximum Gasteiger partial charge on any atom is 0.339 e. The van der Waals surface area contributed by atoms with Crippen molar-refractivity contribution in [1.29, 1.82) is 0 Å². The van der Waals surface area contributed by atoms with Crippen molar-refractivity contribution in [3.63, 3.8) is 0 Å². The second-order valence-corrected chi connectivity index (χ2v) is 4.31. The van der Waals surface area contributed by atoms with E-state index in [1.165, 1.54) is 0 Å². The van der Waals surface area contributed by atoms with Gasteiger partial charge in [0.1, 0.15) is 5.75 Å². The van der Waals surface area contributed by atoms with Crippen molar-refractivity contribution in [1.82, 2.24) is 0 Å². The summed E-state index contributed by atoms with van der Waals surface area (Å²) in [7, 11) is 1.63. The van der Waals surface area contributed by atoms with E-state index in [4.69, 9.17) is 14.2 Å². The van der Waals surface area contributed by atoms with Gasteiger partial charge in [0.05, 0.1) is 19.8 Å². The number of esters is 1. The van der Waals surface area contributed by atoms with Gasteiger partial charge in [-0.3, -0.25) is 0 Å². The Hall–Kier alpha value is -1.55. The van der Waals surface area contributed by atoms with Crippen LogP contribution in [0.5, 0.6) is 5.75 Å². The number of rotatable bonds is 3. The molecular weight excluding hydrogens is 232 g/mol. The van der Waals surface area contributed by atoms with Gasteiger partial charge in [-0.2, -0.15) is 0 Å². The third kappa shape index (κ3) is 2.34. The quantitative estimate of drug-likeness (QED) is 0.772. The Morgan fingerprint density at radius 3 is 2.94 bits per heavy atom. The minimum absolute atomic E-state index is 0.0248. The van der Waals surface area contributed by atoms with Gasteiger partial charge in [-0.25, -0.2) is 4.79 Å². The van der Waals surface area contributed by atoms with Crippen molar-refractivity contribution in [2.75, 3.05) is 13.7 Å². The van der Waals surface area contributed by atoms with Gasteiger partial charge in [-0.1, -0.05) is 12.1 Å². The van der Waals surface area contributed by atoms with Gasteiger partial charge in [0.2, 0.25) is 0 Å². The molecule has 98 valence electrons. The number of ether oxygens (including phenoxy) is 3. The lowest BCUT2D eigenvalue weighted by molar-refractivity contribution is -0.162. The van der Waals surface area contributed by atoms with Crippen LogP contribution in [0, 0.1) is 0 Å². The lowest BCUT2D eigenvalue weighted by Crippen LogP contribution is -2.30. The molecule has 0 aliphatic carbocycles. The van der Waals surface area contributed by atoms with E-state index in [-0.39, 0.29) is 12.1 Å².